The zero-order chi connectivity index (χ0) is 22.5. The molecule has 3 aromatic carbocycles. The highest BCUT2D eigenvalue weighted by molar-refractivity contribution is 7.26. The first-order valence-corrected chi connectivity index (χ1v) is 12.4. The summed E-state index contributed by atoms with van der Waals surface area (Å²) in [5.41, 5.74) is 8.31. The molecule has 1 aromatic heterocycles. The van der Waals surface area contributed by atoms with Crippen molar-refractivity contribution in [3.63, 3.8) is 0 Å². The van der Waals surface area contributed by atoms with E-state index in [1.165, 1.54) is 53.6 Å². The molecule has 160 valence electrons. The molecular formula is C29H31ClS. The van der Waals surface area contributed by atoms with E-state index in [4.69, 9.17) is 11.6 Å². The van der Waals surface area contributed by atoms with Gasteiger partial charge in [0.25, 0.3) is 0 Å². The minimum atomic E-state index is -0.0383. The maximum absolute atomic E-state index is 6.82. The van der Waals surface area contributed by atoms with E-state index in [9.17, 15) is 0 Å². The van der Waals surface area contributed by atoms with E-state index in [1.807, 2.05) is 17.4 Å². The van der Waals surface area contributed by atoms with Gasteiger partial charge in [-0.25, -0.2) is 0 Å². The lowest BCUT2D eigenvalue weighted by atomic mass is 9.79. The zero-order valence-electron chi connectivity index (χ0n) is 19.8. The van der Waals surface area contributed by atoms with E-state index in [0.29, 0.717) is 0 Å². The second kappa shape index (κ2) is 6.36. The van der Waals surface area contributed by atoms with Gasteiger partial charge < -0.3 is 0 Å². The van der Waals surface area contributed by atoms with Crippen LogP contribution in [-0.4, -0.2) is 0 Å². The van der Waals surface area contributed by atoms with Crippen molar-refractivity contribution >= 4 is 43.1 Å². The number of halogens is 1. The highest BCUT2D eigenvalue weighted by Gasteiger charge is 2.38. The van der Waals surface area contributed by atoms with Gasteiger partial charge in [0, 0.05) is 41.7 Å². The molecule has 1 heterocycles. The third-order valence-corrected chi connectivity index (χ3v) is 8.61. The Labute approximate surface area is 195 Å². The molecule has 0 N–H and O–H groups in total. The highest BCUT2D eigenvalue weighted by Crippen LogP contribution is 2.56. The molecule has 4 aromatic rings. The van der Waals surface area contributed by atoms with Gasteiger partial charge in [-0.3, -0.25) is 0 Å². The van der Waals surface area contributed by atoms with Gasteiger partial charge in [0.05, 0.1) is 0 Å². The van der Waals surface area contributed by atoms with Crippen LogP contribution in [0.3, 0.4) is 0 Å². The molecule has 0 fully saturated rings. The topological polar surface area (TPSA) is 0 Å². The molecule has 0 spiro atoms. The van der Waals surface area contributed by atoms with E-state index >= 15 is 0 Å². The molecule has 0 saturated heterocycles. The summed E-state index contributed by atoms with van der Waals surface area (Å²) in [4.78, 5) is 0. The van der Waals surface area contributed by atoms with Gasteiger partial charge in [-0.05, 0) is 45.2 Å². The highest BCUT2D eigenvalue weighted by atomic mass is 35.5. The molecule has 0 nitrogen and oxygen atoms in total. The van der Waals surface area contributed by atoms with Crippen molar-refractivity contribution in [3.8, 4) is 11.1 Å². The van der Waals surface area contributed by atoms with Gasteiger partial charge in [-0.15, -0.1) is 11.3 Å². The summed E-state index contributed by atoms with van der Waals surface area (Å²) in [5.74, 6) is 0. The number of thiophene rings is 1. The predicted octanol–water partition coefficient (Wildman–Crippen LogP) is 9.61. The fourth-order valence-electron chi connectivity index (χ4n) is 5.14. The van der Waals surface area contributed by atoms with E-state index in [0.717, 1.165) is 5.02 Å². The quantitative estimate of drug-likeness (QED) is 0.252. The van der Waals surface area contributed by atoms with Crippen LogP contribution in [-0.2, 0) is 16.2 Å². The average molecular weight is 447 g/mol. The van der Waals surface area contributed by atoms with Crippen molar-refractivity contribution in [2.24, 2.45) is 0 Å². The van der Waals surface area contributed by atoms with Crippen molar-refractivity contribution in [2.45, 2.75) is 71.6 Å². The molecule has 0 unspecified atom stereocenters. The Morgan fingerprint density at radius 2 is 1.42 bits per heavy atom. The number of fused-ring (bicyclic) bond motifs is 7. The zero-order valence-corrected chi connectivity index (χ0v) is 21.4. The molecular weight excluding hydrogens is 416 g/mol. The normalized spacial score (nSPS) is 15.5. The van der Waals surface area contributed by atoms with Crippen molar-refractivity contribution in [1.29, 1.82) is 0 Å². The second-order valence-electron chi connectivity index (χ2n) is 11.7. The minimum Gasteiger partial charge on any atom is -0.134 e. The number of benzene rings is 3. The van der Waals surface area contributed by atoms with Crippen LogP contribution in [0.15, 0.2) is 42.5 Å². The van der Waals surface area contributed by atoms with Gasteiger partial charge in [0.1, 0.15) is 0 Å². The smallest absolute Gasteiger partial charge is 0.0488 e. The van der Waals surface area contributed by atoms with E-state index in [1.54, 1.807) is 0 Å². The molecule has 0 aliphatic heterocycles. The average Bonchev–Trinajstić information content (AvgIpc) is 3.13. The third-order valence-electron chi connectivity index (χ3n) is 7.03. The van der Waals surface area contributed by atoms with Crippen LogP contribution in [0.25, 0.3) is 31.3 Å². The van der Waals surface area contributed by atoms with Gasteiger partial charge >= 0.3 is 0 Å². The molecule has 0 atom stereocenters. The summed E-state index contributed by atoms with van der Waals surface area (Å²) in [6.07, 6.45) is 0. The molecule has 0 bridgehead atoms. The number of hydrogen-bond donors (Lipinski definition) is 0. The van der Waals surface area contributed by atoms with Crippen LogP contribution in [0.5, 0.6) is 0 Å². The van der Waals surface area contributed by atoms with Gasteiger partial charge in [-0.2, -0.15) is 0 Å². The first-order chi connectivity index (χ1) is 14.3. The van der Waals surface area contributed by atoms with Crippen LogP contribution in [0, 0.1) is 0 Å². The molecule has 0 radical (unpaired) electrons. The largest absolute Gasteiger partial charge is 0.134 e. The van der Waals surface area contributed by atoms with Crippen molar-refractivity contribution in [1.82, 2.24) is 0 Å². The molecule has 1 aliphatic rings. The fourth-order valence-corrected chi connectivity index (χ4v) is 6.97. The molecule has 0 amide bonds. The van der Waals surface area contributed by atoms with E-state index in [2.05, 4.69) is 91.8 Å². The summed E-state index contributed by atoms with van der Waals surface area (Å²) < 4.78 is 2.80. The Bertz CT molecular complexity index is 1370. The van der Waals surface area contributed by atoms with Crippen LogP contribution >= 0.6 is 22.9 Å². The second-order valence-corrected chi connectivity index (χ2v) is 13.1. The Hall–Kier alpha value is -1.83. The van der Waals surface area contributed by atoms with Gasteiger partial charge in [0.2, 0.25) is 0 Å². The maximum atomic E-state index is 6.82. The van der Waals surface area contributed by atoms with Crippen molar-refractivity contribution < 1.29 is 0 Å². The lowest BCUT2D eigenvalue weighted by molar-refractivity contribution is 0.573. The summed E-state index contributed by atoms with van der Waals surface area (Å²) in [5, 5.41) is 3.61. The third kappa shape index (κ3) is 2.93. The van der Waals surface area contributed by atoms with E-state index in [-0.39, 0.29) is 16.2 Å². The van der Waals surface area contributed by atoms with Gasteiger partial charge in [-0.1, -0.05) is 97.3 Å². The Morgan fingerprint density at radius 3 is 2.06 bits per heavy atom. The molecule has 0 saturated carbocycles. The predicted molar refractivity (Wildman–Crippen MR) is 139 cm³/mol. The van der Waals surface area contributed by atoms with Crippen LogP contribution in [0.1, 0.15) is 77.6 Å². The number of rotatable bonds is 0. The summed E-state index contributed by atoms with van der Waals surface area (Å²) in [7, 11) is 0. The standard InChI is InChI=1S/C29H31ClS/c1-27(2,3)16-14-18-17-12-13-20-24(23-19(29(20,7)8)10-9-11-22(23)30)26(17)31-25(18)21(15-16)28(4,5)6/h9-15H,1-8H3. The van der Waals surface area contributed by atoms with Crippen LogP contribution < -0.4 is 0 Å². The monoisotopic (exact) mass is 446 g/mol. The maximum Gasteiger partial charge on any atom is 0.0488 e. The van der Waals surface area contributed by atoms with Crippen molar-refractivity contribution in [3.05, 3.63) is 69.7 Å². The molecule has 5 rings (SSSR count). The SMILES string of the molecule is CC(C)(C)c1cc(C(C)(C)C)c2sc3c4c(ccc3c2c1)C(C)(C)c1cccc(Cl)c1-4. The molecule has 1 aliphatic carbocycles. The van der Waals surface area contributed by atoms with Crippen LogP contribution in [0.4, 0.5) is 0 Å². The Morgan fingerprint density at radius 1 is 0.742 bits per heavy atom. The summed E-state index contributed by atoms with van der Waals surface area (Å²) in [6, 6.07) is 16.0. The van der Waals surface area contributed by atoms with Crippen molar-refractivity contribution in [2.75, 3.05) is 0 Å². The number of hydrogen-bond acceptors (Lipinski definition) is 1. The lowest BCUT2D eigenvalue weighted by Gasteiger charge is -2.25. The van der Waals surface area contributed by atoms with Gasteiger partial charge in [0.15, 0.2) is 0 Å². The lowest BCUT2D eigenvalue weighted by Crippen LogP contribution is -2.16. The summed E-state index contributed by atoms with van der Waals surface area (Å²) >= 11 is 8.77. The van der Waals surface area contributed by atoms with E-state index < -0.39 is 0 Å². The summed E-state index contributed by atoms with van der Waals surface area (Å²) in [6.45, 7) is 18.6. The molecule has 2 heteroatoms. The minimum absolute atomic E-state index is 0.0383. The first-order valence-electron chi connectivity index (χ1n) is 11.2. The first kappa shape index (κ1) is 21.0. The molecule has 31 heavy (non-hydrogen) atoms. The van der Waals surface area contributed by atoms with Crippen LogP contribution in [0.2, 0.25) is 5.02 Å². The Balaban J connectivity index is 1.97. The Kier molecular flexibility index (Phi) is 4.32. The fraction of sp³-hybridized carbons (Fsp3) is 0.379.